The van der Waals surface area contributed by atoms with E-state index in [1.54, 1.807) is 72.8 Å². The molecule has 0 fully saturated rings. The number of rotatable bonds is 7. The fourth-order valence-corrected chi connectivity index (χ4v) is 4.92. The minimum Gasteiger partial charge on any atom is -0.497 e. The van der Waals surface area contributed by atoms with Gasteiger partial charge >= 0.3 is 0 Å². The highest BCUT2D eigenvalue weighted by molar-refractivity contribution is 7.91. The van der Waals surface area contributed by atoms with E-state index in [1.807, 2.05) is 6.92 Å². The number of methoxy groups -OCH3 is 1. The fraction of sp³-hybridized carbons (Fsp3) is 0.174. The topological polar surface area (TPSA) is 60.4 Å². The lowest BCUT2D eigenvalue weighted by atomic mass is 10.0. The maximum Gasteiger partial charge on any atom is 0.185 e. The van der Waals surface area contributed by atoms with E-state index < -0.39 is 15.1 Å². The lowest BCUT2D eigenvalue weighted by molar-refractivity contribution is 0.0980. The van der Waals surface area contributed by atoms with Crippen molar-refractivity contribution in [3.63, 3.8) is 0 Å². The smallest absolute Gasteiger partial charge is 0.185 e. The van der Waals surface area contributed by atoms with Crippen LogP contribution in [0.3, 0.4) is 0 Å². The zero-order chi connectivity index (χ0) is 21.0. The zero-order valence-electron chi connectivity index (χ0n) is 16.1. The van der Waals surface area contributed by atoms with Gasteiger partial charge in [0.05, 0.1) is 17.3 Å². The highest BCUT2D eigenvalue weighted by Gasteiger charge is 2.31. The third kappa shape index (κ3) is 4.86. The van der Waals surface area contributed by atoms with Gasteiger partial charge in [0.25, 0.3) is 0 Å². The van der Waals surface area contributed by atoms with Crippen LogP contribution < -0.4 is 4.74 Å². The summed E-state index contributed by atoms with van der Waals surface area (Å²) in [4.78, 5) is 13.1. The molecule has 0 aliphatic rings. The van der Waals surface area contributed by atoms with Gasteiger partial charge in [-0.15, -0.1) is 0 Å². The third-order valence-corrected chi connectivity index (χ3v) is 7.10. The quantitative estimate of drug-likeness (QED) is 0.470. The largest absolute Gasteiger partial charge is 0.497 e. The first-order valence-corrected chi connectivity index (χ1v) is 11.0. The zero-order valence-corrected chi connectivity index (χ0v) is 17.7. The van der Waals surface area contributed by atoms with Crippen LogP contribution in [-0.2, 0) is 9.84 Å². The molecule has 0 aliphatic heterocycles. The molecular weight excluding hydrogens is 408 g/mol. The molecule has 0 aliphatic carbocycles. The van der Waals surface area contributed by atoms with Crippen LogP contribution in [0.15, 0.2) is 77.7 Å². The summed E-state index contributed by atoms with van der Waals surface area (Å²) in [5.41, 5.74) is 1.88. The molecule has 0 bridgehead atoms. The molecule has 0 saturated heterocycles. The van der Waals surface area contributed by atoms with Crippen LogP contribution in [0.4, 0.5) is 0 Å². The number of benzene rings is 3. The Balaban J connectivity index is 2.02. The molecule has 1 atom stereocenters. The van der Waals surface area contributed by atoms with Crippen molar-refractivity contribution in [2.24, 2.45) is 0 Å². The minimum atomic E-state index is -3.80. The second kappa shape index (κ2) is 8.80. The van der Waals surface area contributed by atoms with Crippen molar-refractivity contribution >= 4 is 27.2 Å². The summed E-state index contributed by atoms with van der Waals surface area (Å²) < 4.78 is 32.0. The van der Waals surface area contributed by atoms with Crippen LogP contribution in [0, 0.1) is 6.92 Å². The van der Waals surface area contributed by atoms with Crippen LogP contribution in [-0.4, -0.2) is 21.3 Å². The summed E-state index contributed by atoms with van der Waals surface area (Å²) in [6.45, 7) is 1.89. The molecule has 0 radical (unpaired) electrons. The molecular formula is C23H21ClO4S. The Morgan fingerprint density at radius 2 is 1.66 bits per heavy atom. The molecule has 0 N–H and O–H groups in total. The van der Waals surface area contributed by atoms with Crippen molar-refractivity contribution in [3.8, 4) is 5.75 Å². The average Bonchev–Trinajstić information content (AvgIpc) is 2.73. The van der Waals surface area contributed by atoms with E-state index in [4.69, 9.17) is 16.3 Å². The Morgan fingerprint density at radius 3 is 2.28 bits per heavy atom. The van der Waals surface area contributed by atoms with Gasteiger partial charge in [0.15, 0.2) is 15.6 Å². The van der Waals surface area contributed by atoms with Crippen molar-refractivity contribution in [2.75, 3.05) is 7.11 Å². The summed E-state index contributed by atoms with van der Waals surface area (Å²) >= 11 is 5.97. The number of ether oxygens (including phenoxy) is 1. The molecule has 0 saturated carbocycles. The number of ketones is 1. The maximum atomic E-state index is 13.4. The normalized spacial score (nSPS) is 12.4. The molecule has 3 aromatic rings. The van der Waals surface area contributed by atoms with Gasteiger partial charge in [0, 0.05) is 17.0 Å². The Bertz CT molecular complexity index is 1100. The van der Waals surface area contributed by atoms with Gasteiger partial charge in [-0.3, -0.25) is 4.79 Å². The number of halogens is 1. The van der Waals surface area contributed by atoms with E-state index >= 15 is 0 Å². The van der Waals surface area contributed by atoms with Gasteiger partial charge in [-0.2, -0.15) is 0 Å². The average molecular weight is 429 g/mol. The van der Waals surface area contributed by atoms with E-state index in [0.717, 1.165) is 5.56 Å². The number of carbonyl (C=O) groups excluding carboxylic acids is 1. The summed E-state index contributed by atoms with van der Waals surface area (Å²) in [5.74, 6) is 0.264. The molecule has 0 amide bonds. The predicted octanol–water partition coefficient (Wildman–Crippen LogP) is 5.45. The number of Topliss-reactive ketones (excluding diaryl/α,β-unsaturated/α-hetero) is 1. The summed E-state index contributed by atoms with van der Waals surface area (Å²) in [6, 6.07) is 19.9. The van der Waals surface area contributed by atoms with Gasteiger partial charge < -0.3 is 4.74 Å². The molecule has 29 heavy (non-hydrogen) atoms. The van der Waals surface area contributed by atoms with Crippen LogP contribution in [0.5, 0.6) is 5.75 Å². The molecule has 3 aromatic carbocycles. The Morgan fingerprint density at radius 1 is 1.00 bits per heavy atom. The third-order valence-electron chi connectivity index (χ3n) is 4.73. The summed E-state index contributed by atoms with van der Waals surface area (Å²) in [6.07, 6.45) is -0.189. The number of aryl methyl sites for hydroxylation is 1. The molecule has 0 aromatic heterocycles. The van der Waals surface area contributed by atoms with Crippen LogP contribution in [0.2, 0.25) is 5.02 Å². The second-order valence-corrected chi connectivity index (χ2v) is 9.32. The van der Waals surface area contributed by atoms with Crippen LogP contribution in [0.25, 0.3) is 0 Å². The van der Waals surface area contributed by atoms with Crippen molar-refractivity contribution in [1.29, 1.82) is 0 Å². The van der Waals surface area contributed by atoms with Gasteiger partial charge in [-0.25, -0.2) is 8.42 Å². The molecule has 0 heterocycles. The number of hydrogen-bond donors (Lipinski definition) is 0. The van der Waals surface area contributed by atoms with Gasteiger partial charge in [0.2, 0.25) is 0 Å². The highest BCUT2D eigenvalue weighted by atomic mass is 35.5. The highest BCUT2D eigenvalue weighted by Crippen LogP contribution is 2.34. The van der Waals surface area contributed by atoms with Crippen molar-refractivity contribution < 1.29 is 17.9 Å². The lowest BCUT2D eigenvalue weighted by Crippen LogP contribution is -2.18. The minimum absolute atomic E-state index is 0.182. The molecule has 0 unspecified atom stereocenters. The second-order valence-electron chi connectivity index (χ2n) is 6.76. The number of hydrogen-bond acceptors (Lipinski definition) is 4. The van der Waals surface area contributed by atoms with Crippen molar-refractivity contribution in [2.45, 2.75) is 23.5 Å². The summed E-state index contributed by atoms with van der Waals surface area (Å²) in [5, 5.41) is -0.527. The molecule has 3 rings (SSSR count). The molecule has 0 spiro atoms. The molecule has 150 valence electrons. The monoisotopic (exact) mass is 428 g/mol. The molecule has 4 nitrogen and oxygen atoms in total. The van der Waals surface area contributed by atoms with E-state index in [1.165, 1.54) is 7.11 Å². The predicted molar refractivity (Wildman–Crippen MR) is 114 cm³/mol. The number of carbonyl (C=O) groups is 1. The SMILES string of the molecule is COc1cccc(C(=O)C[C@H](c2ccc(Cl)cc2)S(=O)(=O)c2ccc(C)cc2)c1. The first-order chi connectivity index (χ1) is 13.8. The Kier molecular flexibility index (Phi) is 6.40. The maximum absolute atomic E-state index is 13.4. The van der Waals surface area contributed by atoms with Gasteiger partial charge in [0.1, 0.15) is 5.75 Å². The lowest BCUT2D eigenvalue weighted by Gasteiger charge is -2.18. The Hall–Kier alpha value is -2.63. The fourth-order valence-electron chi connectivity index (χ4n) is 3.06. The van der Waals surface area contributed by atoms with Crippen molar-refractivity contribution in [3.05, 3.63) is 94.5 Å². The van der Waals surface area contributed by atoms with E-state index in [9.17, 15) is 13.2 Å². The van der Waals surface area contributed by atoms with Crippen LogP contribution in [0.1, 0.15) is 33.2 Å². The van der Waals surface area contributed by atoms with E-state index in [-0.39, 0.29) is 17.1 Å². The standard InChI is InChI=1S/C23H21ClO4S/c1-16-6-12-21(13-7-16)29(26,27)23(17-8-10-19(24)11-9-17)15-22(25)18-4-3-5-20(14-18)28-2/h3-14,23H,15H2,1-2H3/t23-/m1/s1. The van der Waals surface area contributed by atoms with E-state index in [0.29, 0.717) is 21.9 Å². The van der Waals surface area contributed by atoms with Crippen molar-refractivity contribution in [1.82, 2.24) is 0 Å². The van der Waals surface area contributed by atoms with Crippen LogP contribution >= 0.6 is 11.6 Å². The molecule has 6 heteroatoms. The summed E-state index contributed by atoms with van der Waals surface area (Å²) in [7, 11) is -2.28. The Labute approximate surface area is 176 Å². The first-order valence-electron chi connectivity index (χ1n) is 9.04. The van der Waals surface area contributed by atoms with E-state index in [2.05, 4.69) is 0 Å². The van der Waals surface area contributed by atoms with Gasteiger partial charge in [-0.1, -0.05) is 53.6 Å². The number of sulfone groups is 1. The van der Waals surface area contributed by atoms with Gasteiger partial charge in [-0.05, 0) is 48.9 Å². The first kappa shape index (κ1) is 21.1.